The van der Waals surface area contributed by atoms with Crippen molar-refractivity contribution < 1.29 is 18.0 Å². The van der Waals surface area contributed by atoms with Crippen LogP contribution in [0.4, 0.5) is 13.2 Å². The van der Waals surface area contributed by atoms with Crippen LogP contribution in [0, 0.1) is 11.8 Å². The van der Waals surface area contributed by atoms with Crippen LogP contribution in [0.3, 0.4) is 0 Å². The van der Waals surface area contributed by atoms with Crippen molar-refractivity contribution in [3.8, 4) is 11.8 Å². The number of hydrogen-bond acceptors (Lipinski definition) is 1. The van der Waals surface area contributed by atoms with Crippen molar-refractivity contribution in [3.63, 3.8) is 0 Å². The fourth-order valence-electron chi connectivity index (χ4n) is 1.02. The molecule has 0 aliphatic carbocycles. The topological polar surface area (TPSA) is 43.1 Å². The SMILES string of the molecule is NC(=O)CC#Cc1cc(C(F)(F)F)ccc1Cl. The molecule has 0 aromatic heterocycles. The molecule has 0 fully saturated rings. The second-order valence-corrected chi connectivity index (χ2v) is 3.54. The standard InChI is InChI=1S/C11H7ClF3NO/c12-9-5-4-8(11(13,14)15)6-7(9)2-1-3-10(16)17/h4-6H,3H2,(H2,16,17). The van der Waals surface area contributed by atoms with E-state index >= 15 is 0 Å². The van der Waals surface area contributed by atoms with Gasteiger partial charge in [0.15, 0.2) is 0 Å². The molecule has 2 N–H and O–H groups in total. The van der Waals surface area contributed by atoms with E-state index in [1.165, 1.54) is 0 Å². The molecule has 0 radical (unpaired) electrons. The molecule has 17 heavy (non-hydrogen) atoms. The average molecular weight is 262 g/mol. The minimum atomic E-state index is -4.45. The van der Waals surface area contributed by atoms with Crippen molar-refractivity contribution >= 4 is 17.5 Å². The van der Waals surface area contributed by atoms with Gasteiger partial charge in [-0.3, -0.25) is 4.79 Å². The van der Waals surface area contributed by atoms with E-state index in [9.17, 15) is 18.0 Å². The monoisotopic (exact) mass is 261 g/mol. The second-order valence-electron chi connectivity index (χ2n) is 3.14. The van der Waals surface area contributed by atoms with Crippen LogP contribution in [-0.4, -0.2) is 5.91 Å². The predicted octanol–water partition coefficient (Wildman–Crippen LogP) is 2.59. The minimum absolute atomic E-state index is 0.0164. The van der Waals surface area contributed by atoms with Crippen LogP contribution in [0.1, 0.15) is 17.5 Å². The van der Waals surface area contributed by atoms with Gasteiger partial charge < -0.3 is 5.73 Å². The number of halogens is 4. The molecule has 6 heteroatoms. The van der Waals surface area contributed by atoms with Gasteiger partial charge in [-0.15, -0.1) is 0 Å². The van der Waals surface area contributed by atoms with E-state index in [2.05, 4.69) is 11.8 Å². The third-order valence-corrected chi connectivity index (χ3v) is 2.11. The fourth-order valence-corrected chi connectivity index (χ4v) is 1.19. The van der Waals surface area contributed by atoms with Crippen molar-refractivity contribution in [2.45, 2.75) is 12.6 Å². The molecule has 0 saturated heterocycles. The van der Waals surface area contributed by atoms with E-state index in [1.54, 1.807) is 0 Å². The number of rotatable bonds is 1. The summed E-state index contributed by atoms with van der Waals surface area (Å²) >= 11 is 5.68. The molecular weight excluding hydrogens is 255 g/mol. The third-order valence-electron chi connectivity index (χ3n) is 1.78. The predicted molar refractivity (Wildman–Crippen MR) is 57.1 cm³/mol. The first-order valence-electron chi connectivity index (χ1n) is 4.44. The number of amides is 1. The average Bonchev–Trinajstić information content (AvgIpc) is 2.18. The Balaban J connectivity index is 3.06. The molecule has 0 heterocycles. The first-order chi connectivity index (χ1) is 7.80. The van der Waals surface area contributed by atoms with Gasteiger partial charge in [0.05, 0.1) is 17.0 Å². The highest BCUT2D eigenvalue weighted by molar-refractivity contribution is 6.31. The van der Waals surface area contributed by atoms with Crippen molar-refractivity contribution in [1.29, 1.82) is 0 Å². The Morgan fingerprint density at radius 1 is 1.41 bits per heavy atom. The van der Waals surface area contributed by atoms with Crippen molar-refractivity contribution in [2.75, 3.05) is 0 Å². The normalized spacial score (nSPS) is 10.6. The molecule has 1 aromatic carbocycles. The van der Waals surface area contributed by atoms with Gasteiger partial charge in [0.2, 0.25) is 5.91 Å². The summed E-state index contributed by atoms with van der Waals surface area (Å²) in [5.74, 6) is 4.07. The van der Waals surface area contributed by atoms with Crippen LogP contribution in [0.5, 0.6) is 0 Å². The highest BCUT2D eigenvalue weighted by Crippen LogP contribution is 2.31. The second kappa shape index (κ2) is 5.11. The van der Waals surface area contributed by atoms with Crippen LogP contribution >= 0.6 is 11.6 Å². The number of primary amides is 1. The summed E-state index contributed by atoms with van der Waals surface area (Å²) in [7, 11) is 0. The fraction of sp³-hybridized carbons (Fsp3) is 0.182. The molecule has 0 saturated carbocycles. The smallest absolute Gasteiger partial charge is 0.369 e. The lowest BCUT2D eigenvalue weighted by Gasteiger charge is -2.07. The number of carbonyl (C=O) groups is 1. The summed E-state index contributed by atoms with van der Waals surface area (Å²) in [6.45, 7) is 0. The number of carbonyl (C=O) groups excluding carboxylic acids is 1. The number of hydrogen-bond donors (Lipinski definition) is 1. The van der Waals surface area contributed by atoms with Gasteiger partial charge >= 0.3 is 6.18 Å². The zero-order chi connectivity index (χ0) is 13.1. The summed E-state index contributed by atoms with van der Waals surface area (Å²) in [6, 6.07) is 2.80. The Morgan fingerprint density at radius 2 is 2.06 bits per heavy atom. The van der Waals surface area contributed by atoms with E-state index in [-0.39, 0.29) is 17.0 Å². The molecule has 0 aliphatic rings. The zero-order valence-corrected chi connectivity index (χ0v) is 9.19. The van der Waals surface area contributed by atoms with Gasteiger partial charge in [0, 0.05) is 5.56 Å². The molecule has 0 bridgehead atoms. The van der Waals surface area contributed by atoms with Gasteiger partial charge in [-0.25, -0.2) is 0 Å². The third kappa shape index (κ3) is 4.00. The number of nitrogens with two attached hydrogens (primary N) is 1. The molecule has 1 rings (SSSR count). The summed E-state index contributed by atoms with van der Waals surface area (Å²) in [5, 5.41) is 0.0926. The van der Waals surface area contributed by atoms with E-state index < -0.39 is 17.6 Å². The van der Waals surface area contributed by atoms with Crippen LogP contribution < -0.4 is 5.73 Å². The molecule has 2 nitrogen and oxygen atoms in total. The molecule has 90 valence electrons. The van der Waals surface area contributed by atoms with E-state index in [4.69, 9.17) is 17.3 Å². The molecule has 0 unspecified atom stereocenters. The Morgan fingerprint density at radius 3 is 2.59 bits per heavy atom. The summed E-state index contributed by atoms with van der Waals surface area (Å²) in [5.41, 5.74) is 4.01. The van der Waals surface area contributed by atoms with E-state index in [0.717, 1.165) is 18.2 Å². The molecule has 1 aromatic rings. The van der Waals surface area contributed by atoms with Crippen LogP contribution in [-0.2, 0) is 11.0 Å². The summed E-state index contributed by atoms with van der Waals surface area (Å²) < 4.78 is 37.2. The maximum atomic E-state index is 12.4. The van der Waals surface area contributed by atoms with Crippen molar-refractivity contribution in [3.05, 3.63) is 34.3 Å². The van der Waals surface area contributed by atoms with Gasteiger partial charge in [-0.05, 0) is 18.2 Å². The molecule has 0 spiro atoms. The summed E-state index contributed by atoms with van der Waals surface area (Å²) in [4.78, 5) is 10.4. The van der Waals surface area contributed by atoms with Crippen LogP contribution in [0.2, 0.25) is 5.02 Å². The molecular formula is C11H7ClF3NO. The van der Waals surface area contributed by atoms with Crippen LogP contribution in [0.15, 0.2) is 18.2 Å². The number of benzene rings is 1. The first-order valence-corrected chi connectivity index (χ1v) is 4.82. The first kappa shape index (κ1) is 13.4. The summed E-state index contributed by atoms with van der Waals surface area (Å²) in [6.07, 6.45) is -4.68. The zero-order valence-electron chi connectivity index (χ0n) is 8.44. The lowest BCUT2D eigenvalue weighted by atomic mass is 10.1. The lowest BCUT2D eigenvalue weighted by Crippen LogP contribution is -2.08. The minimum Gasteiger partial charge on any atom is -0.369 e. The van der Waals surface area contributed by atoms with E-state index in [0.29, 0.717) is 0 Å². The molecule has 0 aliphatic heterocycles. The maximum Gasteiger partial charge on any atom is 0.416 e. The lowest BCUT2D eigenvalue weighted by molar-refractivity contribution is -0.137. The van der Waals surface area contributed by atoms with Gasteiger partial charge in [-0.2, -0.15) is 13.2 Å². The number of alkyl halides is 3. The van der Waals surface area contributed by atoms with Crippen molar-refractivity contribution in [1.82, 2.24) is 0 Å². The molecule has 1 amide bonds. The highest BCUT2D eigenvalue weighted by atomic mass is 35.5. The Labute approximate surface area is 101 Å². The van der Waals surface area contributed by atoms with Gasteiger partial charge in [0.25, 0.3) is 0 Å². The quantitative estimate of drug-likeness (QED) is 0.776. The van der Waals surface area contributed by atoms with Gasteiger partial charge in [0.1, 0.15) is 0 Å². The Bertz CT molecular complexity index is 500. The largest absolute Gasteiger partial charge is 0.416 e. The van der Waals surface area contributed by atoms with E-state index in [1.807, 2.05) is 0 Å². The van der Waals surface area contributed by atoms with Crippen LogP contribution in [0.25, 0.3) is 0 Å². The Hall–Kier alpha value is -1.67. The Kier molecular flexibility index (Phi) is 4.02. The molecule has 0 atom stereocenters. The van der Waals surface area contributed by atoms with Gasteiger partial charge in [-0.1, -0.05) is 23.4 Å². The maximum absolute atomic E-state index is 12.4. The highest BCUT2D eigenvalue weighted by Gasteiger charge is 2.30. The van der Waals surface area contributed by atoms with Crippen molar-refractivity contribution in [2.24, 2.45) is 5.73 Å².